The van der Waals surface area contributed by atoms with E-state index < -0.39 is 28.7 Å². The van der Waals surface area contributed by atoms with Crippen LogP contribution in [0.3, 0.4) is 0 Å². The Morgan fingerprint density at radius 1 is 1.26 bits per heavy atom. The van der Waals surface area contributed by atoms with Crippen LogP contribution < -0.4 is 9.04 Å². The van der Waals surface area contributed by atoms with Crippen molar-refractivity contribution in [3.05, 3.63) is 58.1 Å². The van der Waals surface area contributed by atoms with Crippen molar-refractivity contribution in [3.63, 3.8) is 0 Å². The third-order valence-electron chi connectivity index (χ3n) is 5.28. The molecule has 1 N–H and O–H groups in total. The Kier molecular flexibility index (Phi) is 6.80. The maximum absolute atomic E-state index is 14.2. The van der Waals surface area contributed by atoms with E-state index in [-0.39, 0.29) is 33.8 Å². The van der Waals surface area contributed by atoms with Crippen molar-refractivity contribution in [1.29, 1.82) is 0 Å². The van der Waals surface area contributed by atoms with E-state index in [9.17, 15) is 17.6 Å². The topological polar surface area (TPSA) is 123 Å². The minimum atomic E-state index is -4.14. The van der Waals surface area contributed by atoms with Crippen LogP contribution in [0.5, 0.6) is 5.75 Å². The number of fused-ring (bicyclic) bond motifs is 1. The van der Waals surface area contributed by atoms with Crippen LogP contribution in [-0.4, -0.2) is 47.2 Å². The van der Waals surface area contributed by atoms with Crippen LogP contribution in [0, 0.1) is 6.92 Å². The highest BCUT2D eigenvalue weighted by molar-refractivity contribution is 7.94. The summed E-state index contributed by atoms with van der Waals surface area (Å²) in [7, 11) is -4.14. The number of carbonyl (C=O) groups is 1. The van der Waals surface area contributed by atoms with E-state index >= 15 is 0 Å². The molecule has 0 radical (unpaired) electrons. The summed E-state index contributed by atoms with van der Waals surface area (Å²) in [5.41, 5.74) is 2.75. The fourth-order valence-electron chi connectivity index (χ4n) is 3.68. The summed E-state index contributed by atoms with van der Waals surface area (Å²) in [4.78, 5) is 23.1. The fourth-order valence-corrected chi connectivity index (χ4v) is 6.35. The molecule has 1 aliphatic carbocycles. The van der Waals surface area contributed by atoms with Crippen LogP contribution in [0.15, 0.2) is 34.2 Å². The molecule has 1 aromatic carbocycles. The second kappa shape index (κ2) is 9.63. The maximum atomic E-state index is 14.2. The van der Waals surface area contributed by atoms with Gasteiger partial charge in [0.2, 0.25) is 4.34 Å². The standard InChI is InChI=1S/C22H23FN4O5S2/c1-13(23)10-27(34(30,31)22-26-14(2)12-33-22)18-6-15-4-3-5-16(15)7-19(18)32-11-20-24-8-17(9-25-20)21(28)29/h6-9,12-13H,3-5,10-11H2,1-2H3,(H,28,29)/t13-/m0/s1. The molecule has 0 spiro atoms. The van der Waals surface area contributed by atoms with Gasteiger partial charge in [-0.25, -0.2) is 24.1 Å². The number of ether oxygens (including phenoxy) is 1. The minimum absolute atomic E-state index is 0.0603. The van der Waals surface area contributed by atoms with Gasteiger partial charge in [0.05, 0.1) is 17.8 Å². The Morgan fingerprint density at radius 3 is 2.53 bits per heavy atom. The lowest BCUT2D eigenvalue weighted by molar-refractivity contribution is 0.0695. The van der Waals surface area contributed by atoms with Crippen LogP contribution >= 0.6 is 11.3 Å². The summed E-state index contributed by atoms with van der Waals surface area (Å²) in [5, 5.41) is 10.6. The molecular formula is C22H23FN4O5S2. The molecule has 180 valence electrons. The maximum Gasteiger partial charge on any atom is 0.338 e. The summed E-state index contributed by atoms with van der Waals surface area (Å²) in [5.74, 6) is -0.670. The molecule has 1 aliphatic rings. The van der Waals surface area contributed by atoms with Gasteiger partial charge in [0, 0.05) is 23.5 Å². The highest BCUT2D eigenvalue weighted by Crippen LogP contribution is 2.39. The predicted molar refractivity (Wildman–Crippen MR) is 124 cm³/mol. The molecule has 0 amide bonds. The highest BCUT2D eigenvalue weighted by atomic mass is 32.2. The smallest absolute Gasteiger partial charge is 0.338 e. The molecule has 0 fully saturated rings. The van der Waals surface area contributed by atoms with Crippen LogP contribution in [0.1, 0.15) is 46.3 Å². The van der Waals surface area contributed by atoms with Gasteiger partial charge in [0.15, 0.2) is 5.82 Å². The molecule has 0 saturated heterocycles. The molecule has 4 rings (SSSR count). The average Bonchev–Trinajstić information content (AvgIpc) is 3.44. The summed E-state index contributed by atoms with van der Waals surface area (Å²) in [6, 6.07) is 3.52. The largest absolute Gasteiger partial charge is 0.483 e. The van der Waals surface area contributed by atoms with E-state index in [1.165, 1.54) is 19.3 Å². The van der Waals surface area contributed by atoms with E-state index in [0.29, 0.717) is 5.69 Å². The second-order valence-electron chi connectivity index (χ2n) is 8.00. The van der Waals surface area contributed by atoms with Gasteiger partial charge in [-0.1, -0.05) is 0 Å². The number of nitrogens with zero attached hydrogens (tertiary/aromatic N) is 4. The number of halogens is 1. The number of carboxylic acid groups (broad SMARTS) is 1. The molecule has 0 saturated carbocycles. The van der Waals surface area contributed by atoms with Gasteiger partial charge in [0.25, 0.3) is 10.0 Å². The van der Waals surface area contributed by atoms with Crippen LogP contribution in [0.25, 0.3) is 0 Å². The second-order valence-corrected chi connectivity index (χ2v) is 10.9. The van der Waals surface area contributed by atoms with Gasteiger partial charge < -0.3 is 9.84 Å². The quantitative estimate of drug-likeness (QED) is 0.467. The van der Waals surface area contributed by atoms with Gasteiger partial charge in [-0.3, -0.25) is 4.31 Å². The summed E-state index contributed by atoms with van der Waals surface area (Å²) < 4.78 is 48.0. The third kappa shape index (κ3) is 5.02. The Bertz CT molecular complexity index is 1310. The molecule has 0 unspecified atom stereocenters. The first-order chi connectivity index (χ1) is 16.1. The van der Waals surface area contributed by atoms with E-state index in [2.05, 4.69) is 15.0 Å². The fraction of sp³-hybridized carbons (Fsp3) is 0.364. The lowest BCUT2D eigenvalue weighted by atomic mass is 10.1. The van der Waals surface area contributed by atoms with E-state index in [4.69, 9.17) is 9.84 Å². The summed E-state index contributed by atoms with van der Waals surface area (Å²) in [6.45, 7) is 2.46. The first kappa shape index (κ1) is 24.0. The first-order valence-corrected chi connectivity index (χ1v) is 12.9. The van der Waals surface area contributed by atoms with Gasteiger partial charge in [-0.05, 0) is 56.4 Å². The zero-order valence-electron chi connectivity index (χ0n) is 18.6. The SMILES string of the molecule is Cc1csc(S(=O)(=O)N(C[C@H](C)F)c2cc3c(cc2OCc2ncc(C(=O)O)cn2)CCC3)n1. The third-order valence-corrected chi connectivity index (χ3v) is 8.41. The molecule has 34 heavy (non-hydrogen) atoms. The minimum Gasteiger partial charge on any atom is -0.483 e. The monoisotopic (exact) mass is 506 g/mol. The van der Waals surface area contributed by atoms with Crippen molar-refractivity contribution in [2.75, 3.05) is 10.8 Å². The number of aryl methyl sites for hydroxylation is 3. The van der Waals surface area contributed by atoms with E-state index in [1.54, 1.807) is 24.4 Å². The Morgan fingerprint density at radius 2 is 1.94 bits per heavy atom. The first-order valence-electron chi connectivity index (χ1n) is 10.6. The molecule has 3 aromatic rings. The number of carboxylic acids is 1. The highest BCUT2D eigenvalue weighted by Gasteiger charge is 2.32. The molecule has 9 nitrogen and oxygen atoms in total. The van der Waals surface area contributed by atoms with Crippen LogP contribution in [-0.2, 0) is 29.5 Å². The van der Waals surface area contributed by atoms with E-state index in [0.717, 1.165) is 46.0 Å². The number of thiazole rings is 1. The number of benzene rings is 1. The molecule has 1 atom stereocenters. The Hall–Kier alpha value is -3.12. The number of aromatic carboxylic acids is 1. The molecule has 0 bridgehead atoms. The van der Waals surface area contributed by atoms with Crippen molar-refractivity contribution < 1.29 is 27.4 Å². The molecule has 2 aromatic heterocycles. The number of anilines is 1. The normalized spacial score (nSPS) is 14.0. The van der Waals surface area contributed by atoms with Crippen LogP contribution in [0.4, 0.5) is 10.1 Å². The van der Waals surface area contributed by atoms with Gasteiger partial charge >= 0.3 is 5.97 Å². The Balaban J connectivity index is 1.73. The molecule has 0 aliphatic heterocycles. The number of hydrogen-bond donors (Lipinski definition) is 1. The number of rotatable bonds is 9. The van der Waals surface area contributed by atoms with Crippen molar-refractivity contribution in [2.45, 2.75) is 50.2 Å². The predicted octanol–water partition coefficient (Wildman–Crippen LogP) is 3.56. The van der Waals surface area contributed by atoms with Crippen molar-refractivity contribution in [2.24, 2.45) is 0 Å². The van der Waals surface area contributed by atoms with Gasteiger partial charge in [0.1, 0.15) is 18.5 Å². The molecular weight excluding hydrogens is 483 g/mol. The van der Waals surface area contributed by atoms with Crippen molar-refractivity contribution >= 4 is 33.0 Å². The van der Waals surface area contributed by atoms with Crippen LogP contribution in [0.2, 0.25) is 0 Å². The number of sulfonamides is 1. The number of aromatic nitrogens is 3. The number of hydrogen-bond acceptors (Lipinski definition) is 8. The van der Waals surface area contributed by atoms with Crippen molar-refractivity contribution in [1.82, 2.24) is 15.0 Å². The zero-order chi connectivity index (χ0) is 24.5. The Labute approximate surface area is 200 Å². The van der Waals surface area contributed by atoms with Gasteiger partial charge in [-0.15, -0.1) is 11.3 Å². The number of alkyl halides is 1. The summed E-state index contributed by atoms with van der Waals surface area (Å²) >= 11 is 0.980. The van der Waals surface area contributed by atoms with Crippen molar-refractivity contribution in [3.8, 4) is 5.75 Å². The lowest BCUT2D eigenvalue weighted by Gasteiger charge is -2.26. The zero-order valence-corrected chi connectivity index (χ0v) is 20.2. The van der Waals surface area contributed by atoms with E-state index in [1.807, 2.05) is 0 Å². The van der Waals surface area contributed by atoms with Gasteiger partial charge in [-0.2, -0.15) is 8.42 Å². The summed E-state index contributed by atoms with van der Waals surface area (Å²) in [6.07, 6.45) is 3.44. The molecule has 12 heteroatoms. The average molecular weight is 507 g/mol. The lowest BCUT2D eigenvalue weighted by Crippen LogP contribution is -2.36. The molecule has 2 heterocycles.